The highest BCUT2D eigenvalue weighted by Gasteiger charge is 2.35. The summed E-state index contributed by atoms with van der Waals surface area (Å²) in [6.07, 6.45) is 3.14. The van der Waals surface area contributed by atoms with E-state index in [2.05, 4.69) is 0 Å². The minimum Gasteiger partial charge on any atom is -0.504 e. The molecule has 0 saturated carbocycles. The van der Waals surface area contributed by atoms with Crippen molar-refractivity contribution in [3.63, 3.8) is 0 Å². The van der Waals surface area contributed by atoms with Gasteiger partial charge in [0.1, 0.15) is 11.9 Å². The van der Waals surface area contributed by atoms with E-state index in [0.29, 0.717) is 5.75 Å². The van der Waals surface area contributed by atoms with E-state index >= 15 is 0 Å². The van der Waals surface area contributed by atoms with Crippen LogP contribution in [-0.4, -0.2) is 35.6 Å². The fraction of sp³-hybridized carbons (Fsp3) is 0.263. The summed E-state index contributed by atoms with van der Waals surface area (Å²) in [7, 11) is 1.49. The SMILES string of the molecule is COc1cc([C@H]2Oc3ccc(C=CCO)cc3[C@@H]2CO)ccc1O. The molecule has 1 aliphatic rings. The van der Waals surface area contributed by atoms with Gasteiger partial charge in [0.25, 0.3) is 0 Å². The summed E-state index contributed by atoms with van der Waals surface area (Å²) >= 11 is 0. The number of benzene rings is 2. The van der Waals surface area contributed by atoms with Crippen LogP contribution in [0.2, 0.25) is 0 Å². The number of aliphatic hydroxyl groups excluding tert-OH is 2. The fourth-order valence-corrected chi connectivity index (χ4v) is 3.00. The summed E-state index contributed by atoms with van der Waals surface area (Å²) in [5, 5.41) is 28.5. The van der Waals surface area contributed by atoms with E-state index < -0.39 is 0 Å². The average Bonchev–Trinajstić information content (AvgIpc) is 2.98. The normalized spacial score (nSPS) is 19.3. The molecule has 2 aromatic carbocycles. The van der Waals surface area contributed by atoms with Gasteiger partial charge in [0.05, 0.1) is 26.2 Å². The number of phenolic OH excluding ortho intramolecular Hbond substituents is 1. The molecule has 0 fully saturated rings. The first kappa shape index (κ1) is 16.4. The Hall–Kier alpha value is -2.50. The zero-order valence-electron chi connectivity index (χ0n) is 13.3. The van der Waals surface area contributed by atoms with Crippen LogP contribution in [0.1, 0.15) is 28.7 Å². The van der Waals surface area contributed by atoms with E-state index in [9.17, 15) is 10.2 Å². The number of phenols is 1. The second kappa shape index (κ2) is 6.95. The van der Waals surface area contributed by atoms with Crippen LogP contribution < -0.4 is 9.47 Å². The van der Waals surface area contributed by atoms with Gasteiger partial charge >= 0.3 is 0 Å². The van der Waals surface area contributed by atoms with Gasteiger partial charge in [-0.2, -0.15) is 0 Å². The molecule has 5 nitrogen and oxygen atoms in total. The average molecular weight is 328 g/mol. The van der Waals surface area contributed by atoms with Crippen LogP contribution in [0.25, 0.3) is 6.08 Å². The molecule has 0 radical (unpaired) electrons. The van der Waals surface area contributed by atoms with Crippen molar-refractivity contribution in [2.45, 2.75) is 12.0 Å². The third-order valence-corrected chi connectivity index (χ3v) is 4.20. The minimum absolute atomic E-state index is 0.0209. The lowest BCUT2D eigenvalue weighted by Crippen LogP contribution is -2.13. The summed E-state index contributed by atoms with van der Waals surface area (Å²) in [6, 6.07) is 10.8. The Bertz CT molecular complexity index is 753. The van der Waals surface area contributed by atoms with Gasteiger partial charge in [-0.25, -0.2) is 0 Å². The number of hydrogen-bond donors (Lipinski definition) is 3. The molecule has 126 valence electrons. The Morgan fingerprint density at radius 2 is 2.00 bits per heavy atom. The molecule has 1 heterocycles. The topological polar surface area (TPSA) is 79.2 Å². The minimum atomic E-state index is -0.350. The number of aromatic hydroxyl groups is 1. The van der Waals surface area contributed by atoms with Gasteiger partial charge in [0, 0.05) is 5.56 Å². The van der Waals surface area contributed by atoms with Crippen LogP contribution in [0.3, 0.4) is 0 Å². The van der Waals surface area contributed by atoms with Crippen molar-refractivity contribution in [3.8, 4) is 17.2 Å². The maximum Gasteiger partial charge on any atom is 0.160 e. The van der Waals surface area contributed by atoms with Crippen LogP contribution >= 0.6 is 0 Å². The molecule has 5 heteroatoms. The van der Waals surface area contributed by atoms with Crippen molar-refractivity contribution < 1.29 is 24.8 Å². The van der Waals surface area contributed by atoms with Gasteiger partial charge in [0.15, 0.2) is 11.5 Å². The summed E-state index contributed by atoms with van der Waals surface area (Å²) in [6.45, 7) is -0.0824. The number of aliphatic hydroxyl groups is 2. The Balaban J connectivity index is 1.95. The van der Waals surface area contributed by atoms with Crippen LogP contribution in [-0.2, 0) is 0 Å². The molecule has 0 aromatic heterocycles. The molecule has 24 heavy (non-hydrogen) atoms. The van der Waals surface area contributed by atoms with Crippen molar-refractivity contribution >= 4 is 6.08 Å². The third kappa shape index (κ3) is 2.96. The van der Waals surface area contributed by atoms with Gasteiger partial charge in [-0.05, 0) is 35.4 Å². The molecule has 0 aliphatic carbocycles. The predicted octanol–water partition coefficient (Wildman–Crippen LogP) is 2.62. The first-order valence-electron chi connectivity index (χ1n) is 7.73. The van der Waals surface area contributed by atoms with Crippen LogP contribution in [0.4, 0.5) is 0 Å². The highest BCUT2D eigenvalue weighted by atomic mass is 16.5. The van der Waals surface area contributed by atoms with E-state index in [1.165, 1.54) is 7.11 Å². The Labute approximate surface area is 140 Å². The summed E-state index contributed by atoms with van der Waals surface area (Å²) in [4.78, 5) is 0. The molecule has 3 N–H and O–H groups in total. The molecular weight excluding hydrogens is 308 g/mol. The summed E-state index contributed by atoms with van der Waals surface area (Å²) in [5.74, 6) is 0.952. The quantitative estimate of drug-likeness (QED) is 0.786. The van der Waals surface area contributed by atoms with Gasteiger partial charge in [-0.15, -0.1) is 0 Å². The van der Waals surface area contributed by atoms with Crippen molar-refractivity contribution in [2.24, 2.45) is 0 Å². The largest absolute Gasteiger partial charge is 0.504 e. The third-order valence-electron chi connectivity index (χ3n) is 4.20. The van der Waals surface area contributed by atoms with Gasteiger partial charge in [-0.1, -0.05) is 24.3 Å². The Morgan fingerprint density at radius 1 is 1.17 bits per heavy atom. The Kier molecular flexibility index (Phi) is 4.74. The molecule has 0 amide bonds. The molecule has 2 atom stereocenters. The number of fused-ring (bicyclic) bond motifs is 1. The lowest BCUT2D eigenvalue weighted by atomic mass is 9.91. The highest BCUT2D eigenvalue weighted by Crippen LogP contribution is 2.47. The van der Waals surface area contributed by atoms with Crippen molar-refractivity contribution in [3.05, 3.63) is 59.2 Å². The van der Waals surface area contributed by atoms with Gasteiger partial charge in [0.2, 0.25) is 0 Å². The van der Waals surface area contributed by atoms with Gasteiger partial charge in [-0.3, -0.25) is 0 Å². The monoisotopic (exact) mass is 328 g/mol. The summed E-state index contributed by atoms with van der Waals surface area (Å²) in [5.41, 5.74) is 2.69. The molecule has 0 unspecified atom stereocenters. The predicted molar refractivity (Wildman–Crippen MR) is 90.4 cm³/mol. The van der Waals surface area contributed by atoms with E-state index in [4.69, 9.17) is 14.6 Å². The fourth-order valence-electron chi connectivity index (χ4n) is 3.00. The summed E-state index contributed by atoms with van der Waals surface area (Å²) < 4.78 is 11.2. The van der Waals surface area contributed by atoms with E-state index in [1.54, 1.807) is 24.3 Å². The Morgan fingerprint density at radius 3 is 2.71 bits per heavy atom. The van der Waals surface area contributed by atoms with E-state index in [-0.39, 0.29) is 31.0 Å². The molecule has 2 aromatic rings. The first-order valence-corrected chi connectivity index (χ1v) is 7.73. The maximum absolute atomic E-state index is 9.87. The lowest BCUT2D eigenvalue weighted by Gasteiger charge is -2.18. The molecular formula is C19H20O5. The molecule has 0 bridgehead atoms. The maximum atomic E-state index is 9.87. The molecule has 0 saturated heterocycles. The molecule has 3 rings (SSSR count). The second-order valence-electron chi connectivity index (χ2n) is 5.64. The van der Waals surface area contributed by atoms with Crippen LogP contribution in [0.5, 0.6) is 17.2 Å². The number of rotatable bonds is 5. The van der Waals surface area contributed by atoms with Crippen molar-refractivity contribution in [1.29, 1.82) is 0 Å². The van der Waals surface area contributed by atoms with Crippen LogP contribution in [0.15, 0.2) is 42.5 Å². The number of ether oxygens (including phenoxy) is 2. The standard InChI is InChI=1S/C19H20O5/c1-23-18-10-13(5-6-16(18)22)19-15(11-21)14-9-12(3-2-8-20)4-7-17(14)24-19/h2-7,9-10,15,19-22H,8,11H2,1H3/t15-,19+/m0/s1. The van der Waals surface area contributed by atoms with Crippen molar-refractivity contribution in [1.82, 2.24) is 0 Å². The van der Waals surface area contributed by atoms with Crippen molar-refractivity contribution in [2.75, 3.05) is 20.3 Å². The van der Waals surface area contributed by atoms with E-state index in [1.807, 2.05) is 24.3 Å². The zero-order chi connectivity index (χ0) is 17.1. The first-order chi connectivity index (χ1) is 11.7. The smallest absolute Gasteiger partial charge is 0.160 e. The van der Waals surface area contributed by atoms with Crippen LogP contribution in [0, 0.1) is 0 Å². The van der Waals surface area contributed by atoms with E-state index in [0.717, 1.165) is 22.4 Å². The molecule has 1 aliphatic heterocycles. The lowest BCUT2D eigenvalue weighted by molar-refractivity contribution is 0.159. The molecule has 0 spiro atoms. The highest BCUT2D eigenvalue weighted by molar-refractivity contribution is 5.56. The number of methoxy groups -OCH3 is 1. The van der Waals surface area contributed by atoms with Gasteiger partial charge < -0.3 is 24.8 Å². The number of hydrogen-bond acceptors (Lipinski definition) is 5. The second-order valence-corrected chi connectivity index (χ2v) is 5.64. The zero-order valence-corrected chi connectivity index (χ0v) is 13.3.